The van der Waals surface area contributed by atoms with E-state index in [1.807, 2.05) is 25.1 Å². The second-order valence-electron chi connectivity index (χ2n) is 9.46. The third-order valence-electron chi connectivity index (χ3n) is 7.78. The van der Waals surface area contributed by atoms with Crippen molar-refractivity contribution < 1.29 is 23.9 Å². The molecule has 0 unspecified atom stereocenters. The first-order valence-electron chi connectivity index (χ1n) is 11.7. The highest BCUT2D eigenvalue weighted by Crippen LogP contribution is 2.60. The molecule has 1 N–H and O–H groups in total. The van der Waals surface area contributed by atoms with E-state index in [1.54, 1.807) is 31.2 Å². The first-order valence-corrected chi connectivity index (χ1v) is 11.7. The van der Waals surface area contributed by atoms with Gasteiger partial charge in [0, 0.05) is 17.3 Å². The normalized spacial score (nSPS) is 29.4. The number of hydrogen-bond acceptors (Lipinski definition) is 6. The number of fused-ring (bicyclic) bond motifs is 7. The molecular formula is C26H25N3O5. The predicted molar refractivity (Wildman–Crippen MR) is 123 cm³/mol. The number of nitrogens with one attached hydrogen (secondary N) is 1. The van der Waals surface area contributed by atoms with Crippen LogP contribution >= 0.6 is 0 Å². The molecule has 4 aliphatic rings. The molecule has 174 valence electrons. The Balaban J connectivity index is 1.45. The molecule has 4 atom stereocenters. The zero-order valence-corrected chi connectivity index (χ0v) is 19.0. The number of carbonyl (C=O) groups excluding carboxylic acids is 4. The van der Waals surface area contributed by atoms with Gasteiger partial charge in [0.2, 0.25) is 17.7 Å². The van der Waals surface area contributed by atoms with E-state index in [4.69, 9.17) is 4.74 Å². The highest BCUT2D eigenvalue weighted by molar-refractivity contribution is 6.26. The van der Waals surface area contributed by atoms with Crippen molar-refractivity contribution in [2.75, 3.05) is 23.4 Å². The summed E-state index contributed by atoms with van der Waals surface area (Å²) >= 11 is 0. The molecule has 34 heavy (non-hydrogen) atoms. The number of carbonyl (C=O) groups is 4. The quantitative estimate of drug-likeness (QED) is 0.560. The molecule has 8 nitrogen and oxygen atoms in total. The summed E-state index contributed by atoms with van der Waals surface area (Å²) < 4.78 is 5.03. The molecule has 0 aliphatic carbocycles. The third-order valence-corrected chi connectivity index (χ3v) is 7.78. The first kappa shape index (κ1) is 21.0. The van der Waals surface area contributed by atoms with Gasteiger partial charge in [-0.05, 0) is 63.6 Å². The molecule has 0 saturated carbocycles. The van der Waals surface area contributed by atoms with Crippen LogP contribution in [0.1, 0.15) is 41.3 Å². The van der Waals surface area contributed by atoms with Crippen molar-refractivity contribution in [3.63, 3.8) is 0 Å². The summed E-state index contributed by atoms with van der Waals surface area (Å²) in [5, 5.41) is 2.99. The monoisotopic (exact) mass is 459 g/mol. The molecular weight excluding hydrogens is 434 g/mol. The van der Waals surface area contributed by atoms with Crippen LogP contribution in [-0.4, -0.2) is 47.8 Å². The summed E-state index contributed by atoms with van der Waals surface area (Å²) in [7, 11) is 0. The summed E-state index contributed by atoms with van der Waals surface area (Å²) in [6.45, 7) is 4.63. The van der Waals surface area contributed by atoms with Crippen molar-refractivity contribution >= 4 is 35.1 Å². The predicted octanol–water partition coefficient (Wildman–Crippen LogP) is 2.60. The van der Waals surface area contributed by atoms with Gasteiger partial charge in [0.15, 0.2) is 0 Å². The lowest BCUT2D eigenvalue weighted by Gasteiger charge is -2.36. The van der Waals surface area contributed by atoms with Crippen molar-refractivity contribution in [2.45, 2.75) is 38.3 Å². The van der Waals surface area contributed by atoms with Gasteiger partial charge in [-0.2, -0.15) is 0 Å². The number of anilines is 2. The number of imide groups is 1. The molecule has 6 rings (SSSR count). The smallest absolute Gasteiger partial charge is 0.338 e. The van der Waals surface area contributed by atoms with Gasteiger partial charge in [-0.15, -0.1) is 0 Å². The van der Waals surface area contributed by atoms with Gasteiger partial charge in [-0.1, -0.05) is 17.7 Å². The van der Waals surface area contributed by atoms with Crippen molar-refractivity contribution in [3.8, 4) is 0 Å². The standard InChI is InChI=1S/C26H25N3O5/c1-3-34-24(32)15-7-9-16(10-8-15)29-22(30)20-19-5-4-12-28(19)26(21(20)23(29)31)17-13-14(2)6-11-18(17)27-25(26)33/h6-11,13,19-21H,3-5,12H2,1-2H3,(H,27,33)/t19-,20+,21-,26+/m0/s1. The van der Waals surface area contributed by atoms with E-state index in [1.165, 1.54) is 4.90 Å². The second kappa shape index (κ2) is 7.24. The van der Waals surface area contributed by atoms with Crippen LogP contribution in [0.5, 0.6) is 0 Å². The number of esters is 1. The zero-order chi connectivity index (χ0) is 23.8. The first-order chi connectivity index (χ1) is 16.4. The maximum absolute atomic E-state index is 14.0. The summed E-state index contributed by atoms with van der Waals surface area (Å²) in [5.41, 5.74) is 2.07. The average molecular weight is 460 g/mol. The molecule has 0 bridgehead atoms. The van der Waals surface area contributed by atoms with E-state index in [9.17, 15) is 19.2 Å². The molecule has 3 fully saturated rings. The number of amides is 3. The van der Waals surface area contributed by atoms with Crippen molar-refractivity contribution in [2.24, 2.45) is 11.8 Å². The van der Waals surface area contributed by atoms with Crippen LogP contribution in [0, 0.1) is 18.8 Å². The Bertz CT molecular complexity index is 1260. The molecule has 0 aromatic heterocycles. The SMILES string of the molecule is CCOC(=O)c1ccc(N2C(=O)[C@H]3[C@@H](C2=O)[C@]2(C(=O)Nc4ccc(C)cc42)N2CCC[C@@H]32)cc1. The number of nitrogens with zero attached hydrogens (tertiary/aromatic N) is 2. The maximum atomic E-state index is 14.0. The lowest BCUT2D eigenvalue weighted by molar-refractivity contribution is -0.135. The van der Waals surface area contributed by atoms with E-state index in [-0.39, 0.29) is 30.4 Å². The number of aryl methyl sites for hydroxylation is 1. The number of benzene rings is 2. The lowest BCUT2D eigenvalue weighted by Crippen LogP contribution is -2.54. The van der Waals surface area contributed by atoms with Gasteiger partial charge in [0.25, 0.3) is 0 Å². The van der Waals surface area contributed by atoms with Crippen LogP contribution in [0.15, 0.2) is 42.5 Å². The van der Waals surface area contributed by atoms with Gasteiger partial charge >= 0.3 is 5.97 Å². The Morgan fingerprint density at radius 3 is 2.62 bits per heavy atom. The molecule has 2 aromatic rings. The van der Waals surface area contributed by atoms with Crippen LogP contribution in [0.4, 0.5) is 11.4 Å². The van der Waals surface area contributed by atoms with Gasteiger partial charge in [-0.25, -0.2) is 9.69 Å². The van der Waals surface area contributed by atoms with Gasteiger partial charge in [-0.3, -0.25) is 19.3 Å². The summed E-state index contributed by atoms with van der Waals surface area (Å²) in [6, 6.07) is 11.9. The maximum Gasteiger partial charge on any atom is 0.338 e. The summed E-state index contributed by atoms with van der Waals surface area (Å²) in [6.07, 6.45) is 1.64. The van der Waals surface area contributed by atoms with E-state index in [0.29, 0.717) is 23.5 Å². The molecule has 4 aliphatic heterocycles. The van der Waals surface area contributed by atoms with E-state index in [0.717, 1.165) is 24.0 Å². The fourth-order valence-electron chi connectivity index (χ4n) is 6.53. The number of ether oxygens (including phenoxy) is 1. The number of rotatable bonds is 3. The van der Waals surface area contributed by atoms with Crippen molar-refractivity contribution in [3.05, 3.63) is 59.2 Å². The molecule has 0 radical (unpaired) electrons. The Kier molecular flexibility index (Phi) is 4.48. The minimum atomic E-state index is -1.18. The van der Waals surface area contributed by atoms with Crippen LogP contribution in [-0.2, 0) is 24.7 Å². The fourth-order valence-corrected chi connectivity index (χ4v) is 6.53. The van der Waals surface area contributed by atoms with E-state index >= 15 is 0 Å². The molecule has 4 heterocycles. The minimum Gasteiger partial charge on any atom is -0.462 e. The Morgan fingerprint density at radius 1 is 1.12 bits per heavy atom. The van der Waals surface area contributed by atoms with E-state index < -0.39 is 23.3 Å². The highest BCUT2D eigenvalue weighted by atomic mass is 16.5. The highest BCUT2D eigenvalue weighted by Gasteiger charge is 2.74. The fraction of sp³-hybridized carbons (Fsp3) is 0.385. The van der Waals surface area contributed by atoms with Crippen LogP contribution < -0.4 is 10.2 Å². The van der Waals surface area contributed by atoms with Gasteiger partial charge in [0.05, 0.1) is 29.7 Å². The lowest BCUT2D eigenvalue weighted by atomic mass is 9.75. The van der Waals surface area contributed by atoms with Gasteiger partial charge < -0.3 is 10.1 Å². The molecule has 3 amide bonds. The summed E-state index contributed by atoms with van der Waals surface area (Å²) in [4.78, 5) is 56.7. The van der Waals surface area contributed by atoms with Crippen molar-refractivity contribution in [1.29, 1.82) is 0 Å². The second-order valence-corrected chi connectivity index (χ2v) is 9.46. The topological polar surface area (TPSA) is 96.0 Å². The summed E-state index contributed by atoms with van der Waals surface area (Å²) in [5.74, 6) is -2.71. The molecule has 3 saturated heterocycles. The molecule has 2 aromatic carbocycles. The Morgan fingerprint density at radius 2 is 1.88 bits per heavy atom. The third kappa shape index (κ3) is 2.51. The largest absolute Gasteiger partial charge is 0.462 e. The van der Waals surface area contributed by atoms with E-state index in [2.05, 4.69) is 10.2 Å². The van der Waals surface area contributed by atoms with Crippen molar-refractivity contribution in [1.82, 2.24) is 4.90 Å². The molecule has 1 spiro atoms. The minimum absolute atomic E-state index is 0.164. The molecule has 8 heteroatoms. The van der Waals surface area contributed by atoms with Crippen LogP contribution in [0.2, 0.25) is 0 Å². The van der Waals surface area contributed by atoms with Crippen LogP contribution in [0.25, 0.3) is 0 Å². The Labute approximate surface area is 196 Å². The number of hydrogen-bond donors (Lipinski definition) is 1. The van der Waals surface area contributed by atoms with Crippen LogP contribution in [0.3, 0.4) is 0 Å². The average Bonchev–Trinajstić information content (AvgIpc) is 3.53. The zero-order valence-electron chi connectivity index (χ0n) is 19.0. The Hall–Kier alpha value is -3.52. The van der Waals surface area contributed by atoms with Gasteiger partial charge in [0.1, 0.15) is 5.54 Å².